The highest BCUT2D eigenvalue weighted by Crippen LogP contribution is 2.33. The molecule has 1 aromatic carbocycles. The van der Waals surface area contributed by atoms with Crippen molar-refractivity contribution >= 4 is 16.8 Å². The molecule has 2 aromatic rings. The molecule has 2 rings (SSSR count). The molecule has 1 heterocycles. The minimum Gasteiger partial charge on any atom is -0.493 e. The molecule has 0 atom stereocenters. The molecular formula is C14H14O5. The summed E-state index contributed by atoms with van der Waals surface area (Å²) >= 11 is 0. The van der Waals surface area contributed by atoms with Crippen LogP contribution in [0.25, 0.3) is 11.0 Å². The molecule has 100 valence electrons. The van der Waals surface area contributed by atoms with Gasteiger partial charge in [0.1, 0.15) is 11.4 Å². The number of hydrogen-bond donors (Lipinski definition) is 0. The first-order valence-electron chi connectivity index (χ1n) is 5.73. The first kappa shape index (κ1) is 13.1. The molecule has 0 fully saturated rings. The van der Waals surface area contributed by atoms with Crippen LogP contribution in [0.5, 0.6) is 11.5 Å². The normalized spacial score (nSPS) is 10.5. The Morgan fingerprint density at radius 3 is 2.37 bits per heavy atom. The largest absolute Gasteiger partial charge is 0.493 e. The van der Waals surface area contributed by atoms with Crippen molar-refractivity contribution in [1.29, 1.82) is 0 Å². The van der Waals surface area contributed by atoms with Crippen molar-refractivity contribution in [3.63, 3.8) is 0 Å². The van der Waals surface area contributed by atoms with Gasteiger partial charge in [0.05, 0.1) is 14.2 Å². The predicted octanol–water partition coefficient (Wildman–Crippen LogP) is 1.94. The zero-order valence-corrected chi connectivity index (χ0v) is 11.0. The van der Waals surface area contributed by atoms with Gasteiger partial charge in [0.25, 0.3) is 0 Å². The molecule has 0 saturated heterocycles. The summed E-state index contributed by atoms with van der Waals surface area (Å²) in [6.07, 6.45) is 0.178. The molecule has 0 unspecified atom stereocenters. The smallest absolute Gasteiger partial charge is 0.336 e. The summed E-state index contributed by atoms with van der Waals surface area (Å²) in [5.41, 5.74) is 0.511. The van der Waals surface area contributed by atoms with Gasteiger partial charge in [-0.3, -0.25) is 4.79 Å². The number of carbonyl (C=O) groups excluding carboxylic acids is 1. The fourth-order valence-corrected chi connectivity index (χ4v) is 1.97. The standard InChI is InChI=1S/C14H14O5/c1-8(15)4-9-5-14(16)19-11-7-13(18-3)12(17-2)6-10(9)11/h5-7H,4H2,1-3H3. The summed E-state index contributed by atoms with van der Waals surface area (Å²) in [5, 5.41) is 0.674. The van der Waals surface area contributed by atoms with E-state index in [1.165, 1.54) is 27.2 Å². The van der Waals surface area contributed by atoms with E-state index >= 15 is 0 Å². The lowest BCUT2D eigenvalue weighted by atomic mass is 10.0. The average molecular weight is 262 g/mol. The van der Waals surface area contributed by atoms with Crippen molar-refractivity contribution in [3.05, 3.63) is 34.2 Å². The van der Waals surface area contributed by atoms with Crippen LogP contribution in [0.2, 0.25) is 0 Å². The zero-order chi connectivity index (χ0) is 14.0. The molecule has 0 amide bonds. The lowest BCUT2D eigenvalue weighted by molar-refractivity contribution is -0.116. The third-order valence-electron chi connectivity index (χ3n) is 2.77. The molecule has 0 aliphatic heterocycles. The third kappa shape index (κ3) is 2.59. The summed E-state index contributed by atoms with van der Waals surface area (Å²) < 4.78 is 15.5. The first-order valence-corrected chi connectivity index (χ1v) is 5.73. The Morgan fingerprint density at radius 1 is 1.16 bits per heavy atom. The lowest BCUT2D eigenvalue weighted by Gasteiger charge is -2.10. The average Bonchev–Trinajstić information content (AvgIpc) is 2.36. The van der Waals surface area contributed by atoms with E-state index in [1.54, 1.807) is 12.1 Å². The van der Waals surface area contributed by atoms with Crippen LogP contribution in [0.3, 0.4) is 0 Å². The Balaban J connectivity index is 2.75. The summed E-state index contributed by atoms with van der Waals surface area (Å²) in [5.74, 6) is 0.966. The van der Waals surface area contributed by atoms with Gasteiger partial charge >= 0.3 is 5.63 Å². The molecule has 19 heavy (non-hydrogen) atoms. The molecule has 0 radical (unpaired) electrons. The molecule has 0 aliphatic carbocycles. The van der Waals surface area contributed by atoms with Crippen LogP contribution in [0.4, 0.5) is 0 Å². The molecule has 0 bridgehead atoms. The molecule has 0 N–H and O–H groups in total. The number of methoxy groups -OCH3 is 2. The van der Waals surface area contributed by atoms with Crippen LogP contribution in [0.15, 0.2) is 27.4 Å². The summed E-state index contributed by atoms with van der Waals surface area (Å²) in [4.78, 5) is 22.7. The lowest BCUT2D eigenvalue weighted by Crippen LogP contribution is -2.05. The van der Waals surface area contributed by atoms with Gasteiger partial charge in [-0.05, 0) is 18.6 Å². The number of carbonyl (C=O) groups is 1. The second kappa shape index (κ2) is 5.14. The number of fused-ring (bicyclic) bond motifs is 1. The molecular weight excluding hydrogens is 248 g/mol. The number of rotatable bonds is 4. The molecule has 5 nitrogen and oxygen atoms in total. The van der Waals surface area contributed by atoms with Gasteiger partial charge in [-0.15, -0.1) is 0 Å². The van der Waals surface area contributed by atoms with Crippen LogP contribution in [-0.2, 0) is 11.2 Å². The topological polar surface area (TPSA) is 65.7 Å². The van der Waals surface area contributed by atoms with E-state index < -0.39 is 5.63 Å². The third-order valence-corrected chi connectivity index (χ3v) is 2.77. The van der Waals surface area contributed by atoms with E-state index in [9.17, 15) is 9.59 Å². The van der Waals surface area contributed by atoms with Crippen molar-refractivity contribution in [2.75, 3.05) is 14.2 Å². The van der Waals surface area contributed by atoms with Gasteiger partial charge in [0.2, 0.25) is 0 Å². The van der Waals surface area contributed by atoms with Gasteiger partial charge in [-0.1, -0.05) is 0 Å². The van der Waals surface area contributed by atoms with Gasteiger partial charge in [0, 0.05) is 23.9 Å². The van der Waals surface area contributed by atoms with Crippen molar-refractivity contribution in [1.82, 2.24) is 0 Å². The van der Waals surface area contributed by atoms with E-state index in [4.69, 9.17) is 13.9 Å². The number of ketones is 1. The minimum absolute atomic E-state index is 0.0262. The Morgan fingerprint density at radius 2 is 1.79 bits per heavy atom. The predicted molar refractivity (Wildman–Crippen MR) is 70.0 cm³/mol. The fourth-order valence-electron chi connectivity index (χ4n) is 1.97. The monoisotopic (exact) mass is 262 g/mol. The molecule has 5 heteroatoms. The van der Waals surface area contributed by atoms with Crippen LogP contribution >= 0.6 is 0 Å². The SMILES string of the molecule is COc1cc2oc(=O)cc(CC(C)=O)c2cc1OC. The highest BCUT2D eigenvalue weighted by Gasteiger charge is 2.12. The van der Waals surface area contributed by atoms with E-state index in [2.05, 4.69) is 0 Å². The minimum atomic E-state index is -0.490. The van der Waals surface area contributed by atoms with E-state index in [0.29, 0.717) is 28.0 Å². The molecule has 0 spiro atoms. The highest BCUT2D eigenvalue weighted by molar-refractivity contribution is 5.88. The molecule has 0 aliphatic rings. The van der Waals surface area contributed by atoms with Gasteiger partial charge in [0.15, 0.2) is 11.5 Å². The van der Waals surface area contributed by atoms with Crippen LogP contribution in [0.1, 0.15) is 12.5 Å². The van der Waals surface area contributed by atoms with Crippen LogP contribution in [-0.4, -0.2) is 20.0 Å². The van der Waals surface area contributed by atoms with Gasteiger partial charge in [-0.2, -0.15) is 0 Å². The highest BCUT2D eigenvalue weighted by atomic mass is 16.5. The Labute approximate surface area is 109 Å². The second-order valence-corrected chi connectivity index (χ2v) is 4.17. The fraction of sp³-hybridized carbons (Fsp3) is 0.286. The van der Waals surface area contributed by atoms with E-state index in [0.717, 1.165) is 0 Å². The number of ether oxygens (including phenoxy) is 2. The van der Waals surface area contributed by atoms with Gasteiger partial charge in [-0.25, -0.2) is 4.79 Å². The summed E-state index contributed by atoms with van der Waals surface area (Å²) in [7, 11) is 3.02. The quantitative estimate of drug-likeness (QED) is 0.788. The van der Waals surface area contributed by atoms with E-state index in [-0.39, 0.29) is 12.2 Å². The summed E-state index contributed by atoms with van der Waals surface area (Å²) in [6.45, 7) is 1.47. The molecule has 0 saturated carbocycles. The Hall–Kier alpha value is -2.30. The van der Waals surface area contributed by atoms with Crippen molar-refractivity contribution < 1.29 is 18.7 Å². The van der Waals surface area contributed by atoms with E-state index in [1.807, 2.05) is 0 Å². The van der Waals surface area contributed by atoms with Crippen molar-refractivity contribution in [3.8, 4) is 11.5 Å². The molecule has 1 aromatic heterocycles. The van der Waals surface area contributed by atoms with Gasteiger partial charge < -0.3 is 13.9 Å². The first-order chi connectivity index (χ1) is 9.05. The zero-order valence-electron chi connectivity index (χ0n) is 11.0. The van der Waals surface area contributed by atoms with Crippen molar-refractivity contribution in [2.45, 2.75) is 13.3 Å². The maximum absolute atomic E-state index is 11.5. The maximum atomic E-state index is 11.5. The number of benzene rings is 1. The Bertz CT molecular complexity index is 684. The van der Waals surface area contributed by atoms with Crippen molar-refractivity contribution in [2.24, 2.45) is 0 Å². The maximum Gasteiger partial charge on any atom is 0.336 e. The summed E-state index contributed by atoms with van der Waals surface area (Å²) in [6, 6.07) is 4.62. The van der Waals surface area contributed by atoms with Crippen LogP contribution in [0, 0.1) is 0 Å². The number of hydrogen-bond acceptors (Lipinski definition) is 5. The van der Waals surface area contributed by atoms with Crippen LogP contribution < -0.4 is 15.1 Å². The Kier molecular flexibility index (Phi) is 3.55. The number of Topliss-reactive ketones (excluding diaryl/α,β-unsaturated/α-hetero) is 1. The second-order valence-electron chi connectivity index (χ2n) is 4.17.